The van der Waals surface area contributed by atoms with E-state index in [0.717, 1.165) is 36.8 Å². The normalized spacial score (nSPS) is 25.4. The maximum Gasteiger partial charge on any atom is 0.330 e. The predicted octanol–water partition coefficient (Wildman–Crippen LogP) is 2.04. The Morgan fingerprint density at radius 1 is 1.48 bits per heavy atom. The van der Waals surface area contributed by atoms with Gasteiger partial charge in [-0.25, -0.2) is 19.6 Å². The minimum atomic E-state index is -0.847. The van der Waals surface area contributed by atoms with Gasteiger partial charge in [0.1, 0.15) is 17.3 Å². The molecule has 2 atom stereocenters. The lowest BCUT2D eigenvalue weighted by molar-refractivity contribution is 0.245. The minimum absolute atomic E-state index is 0.219. The van der Waals surface area contributed by atoms with Crippen molar-refractivity contribution in [3.8, 4) is 0 Å². The number of carbonyl (C=O) groups excluding carboxylic acids is 1. The third-order valence-corrected chi connectivity index (χ3v) is 5.10. The number of nitrogens with one attached hydrogen (secondary N) is 4. The number of carbonyl (C=O) groups is 1. The molecule has 2 aliphatic rings. The summed E-state index contributed by atoms with van der Waals surface area (Å²) in [6.45, 7) is 8.32. The number of pyridine rings is 1. The molecule has 1 aromatic heterocycles. The Balaban J connectivity index is 1.70. The highest BCUT2D eigenvalue weighted by molar-refractivity contribution is 5.92. The topological polar surface area (TPSA) is 81.3 Å². The summed E-state index contributed by atoms with van der Waals surface area (Å²) in [6.07, 6.45) is 2.87. The number of hydrogen-bond donors (Lipinski definition) is 4. The third-order valence-electron chi connectivity index (χ3n) is 5.10. The van der Waals surface area contributed by atoms with Crippen LogP contribution in [-0.4, -0.2) is 41.6 Å². The maximum absolute atomic E-state index is 13.9. The number of amides is 2. The lowest BCUT2D eigenvalue weighted by atomic mass is 10.0. The van der Waals surface area contributed by atoms with Crippen molar-refractivity contribution in [3.63, 3.8) is 0 Å². The van der Waals surface area contributed by atoms with Crippen LogP contribution in [0.4, 0.5) is 15.0 Å². The van der Waals surface area contributed by atoms with E-state index in [-0.39, 0.29) is 17.9 Å². The molecule has 7 nitrogen and oxygen atoms in total. The van der Waals surface area contributed by atoms with E-state index in [2.05, 4.69) is 33.0 Å². The lowest BCUT2D eigenvalue weighted by Crippen LogP contribution is -2.45. The van der Waals surface area contributed by atoms with E-state index in [1.165, 1.54) is 12.1 Å². The van der Waals surface area contributed by atoms with Gasteiger partial charge in [0.2, 0.25) is 0 Å². The first-order valence-corrected chi connectivity index (χ1v) is 9.03. The zero-order valence-corrected chi connectivity index (χ0v) is 15.2. The standard InChI is InChI=1S/C19H23FN6O/c1-3-7-26-8-6-14(11-26)21-17-15-10-13(20)5-4-12(15)9-16(22-17)19(2)23-18(27)24-25-19/h3-5,9-10,14,25H,1,6-8,11H2,2H3,(H,21,22)(H2,23,24,27)/t14-,19?/m0/s1. The number of halogens is 1. The molecule has 0 radical (unpaired) electrons. The molecule has 0 aliphatic carbocycles. The highest BCUT2D eigenvalue weighted by Gasteiger charge is 2.36. The monoisotopic (exact) mass is 370 g/mol. The smallest absolute Gasteiger partial charge is 0.330 e. The zero-order chi connectivity index (χ0) is 19.0. The molecule has 4 N–H and O–H groups in total. The van der Waals surface area contributed by atoms with Crippen LogP contribution in [0.1, 0.15) is 19.0 Å². The van der Waals surface area contributed by atoms with Crippen molar-refractivity contribution in [1.29, 1.82) is 0 Å². The van der Waals surface area contributed by atoms with Gasteiger partial charge in [-0.15, -0.1) is 6.58 Å². The largest absolute Gasteiger partial charge is 0.365 e. The molecule has 2 saturated heterocycles. The average molecular weight is 370 g/mol. The second-order valence-electron chi connectivity index (χ2n) is 7.23. The summed E-state index contributed by atoms with van der Waals surface area (Å²) in [4.78, 5) is 18.6. The van der Waals surface area contributed by atoms with Crippen LogP contribution in [0.5, 0.6) is 0 Å². The fourth-order valence-electron chi connectivity index (χ4n) is 3.68. The van der Waals surface area contributed by atoms with Crippen molar-refractivity contribution in [1.82, 2.24) is 26.1 Å². The number of fused-ring (bicyclic) bond motifs is 1. The first-order valence-electron chi connectivity index (χ1n) is 9.03. The zero-order valence-electron chi connectivity index (χ0n) is 15.2. The van der Waals surface area contributed by atoms with Gasteiger partial charge in [-0.3, -0.25) is 10.3 Å². The second kappa shape index (κ2) is 6.79. The second-order valence-corrected chi connectivity index (χ2v) is 7.23. The highest BCUT2D eigenvalue weighted by Crippen LogP contribution is 2.29. The highest BCUT2D eigenvalue weighted by atomic mass is 19.1. The number of aromatic nitrogens is 1. The van der Waals surface area contributed by atoms with Crippen LogP contribution in [0.3, 0.4) is 0 Å². The van der Waals surface area contributed by atoms with Crippen LogP contribution >= 0.6 is 0 Å². The van der Waals surface area contributed by atoms with E-state index in [9.17, 15) is 9.18 Å². The van der Waals surface area contributed by atoms with Crippen molar-refractivity contribution in [2.24, 2.45) is 0 Å². The number of hydrazine groups is 1. The van der Waals surface area contributed by atoms with Crippen molar-refractivity contribution < 1.29 is 9.18 Å². The molecule has 2 aromatic rings. The van der Waals surface area contributed by atoms with Crippen LogP contribution in [0, 0.1) is 5.82 Å². The number of rotatable bonds is 5. The molecule has 0 spiro atoms. The summed E-state index contributed by atoms with van der Waals surface area (Å²) in [5.74, 6) is 0.316. The van der Waals surface area contributed by atoms with Crippen LogP contribution in [0.2, 0.25) is 0 Å². The first-order chi connectivity index (χ1) is 13.0. The molecule has 1 unspecified atom stereocenters. The number of likely N-dealkylation sites (tertiary alicyclic amines) is 1. The Morgan fingerprint density at radius 2 is 2.33 bits per heavy atom. The molecule has 27 heavy (non-hydrogen) atoms. The number of anilines is 1. The van der Waals surface area contributed by atoms with Gasteiger partial charge < -0.3 is 10.6 Å². The summed E-state index contributed by atoms with van der Waals surface area (Å²) >= 11 is 0. The maximum atomic E-state index is 13.9. The van der Waals surface area contributed by atoms with E-state index in [1.54, 1.807) is 6.07 Å². The van der Waals surface area contributed by atoms with Gasteiger partial charge in [0.15, 0.2) is 0 Å². The Hall–Kier alpha value is -2.71. The SMILES string of the molecule is C=CCN1CC[C@H](Nc2nc(C3(C)NNC(=O)N3)cc3ccc(F)cc23)C1. The van der Waals surface area contributed by atoms with Crippen molar-refractivity contribution in [2.45, 2.75) is 25.0 Å². The van der Waals surface area contributed by atoms with Gasteiger partial charge in [-0.05, 0) is 36.9 Å². The molecular weight excluding hydrogens is 347 g/mol. The molecule has 0 saturated carbocycles. The van der Waals surface area contributed by atoms with Gasteiger partial charge in [0.25, 0.3) is 0 Å². The van der Waals surface area contributed by atoms with Crippen molar-refractivity contribution >= 4 is 22.6 Å². The minimum Gasteiger partial charge on any atom is -0.365 e. The number of benzene rings is 1. The number of hydrogen-bond acceptors (Lipinski definition) is 5. The molecule has 0 bridgehead atoms. The van der Waals surface area contributed by atoms with E-state index in [4.69, 9.17) is 4.98 Å². The summed E-state index contributed by atoms with van der Waals surface area (Å²) < 4.78 is 13.9. The molecule has 2 amide bonds. The third kappa shape index (κ3) is 3.45. The van der Waals surface area contributed by atoms with Crippen LogP contribution < -0.4 is 21.5 Å². The van der Waals surface area contributed by atoms with Gasteiger partial charge in [0, 0.05) is 31.1 Å². The Morgan fingerprint density at radius 3 is 3.07 bits per heavy atom. The molecule has 1 aromatic carbocycles. The Labute approximate surface area is 157 Å². The molecule has 3 heterocycles. The summed E-state index contributed by atoms with van der Waals surface area (Å²) in [5, 5.41) is 7.88. The van der Waals surface area contributed by atoms with Crippen LogP contribution in [0.25, 0.3) is 10.8 Å². The van der Waals surface area contributed by atoms with Crippen LogP contribution in [0.15, 0.2) is 36.9 Å². The van der Waals surface area contributed by atoms with Gasteiger partial charge >= 0.3 is 6.03 Å². The van der Waals surface area contributed by atoms with Gasteiger partial charge in [-0.2, -0.15) is 0 Å². The Bertz CT molecular complexity index is 903. The molecule has 2 aliphatic heterocycles. The van der Waals surface area contributed by atoms with E-state index >= 15 is 0 Å². The quantitative estimate of drug-likeness (QED) is 0.606. The summed E-state index contributed by atoms with van der Waals surface area (Å²) in [6, 6.07) is 6.41. The first kappa shape index (κ1) is 17.7. The lowest BCUT2D eigenvalue weighted by Gasteiger charge is -2.24. The van der Waals surface area contributed by atoms with Crippen LogP contribution in [-0.2, 0) is 5.66 Å². The van der Waals surface area contributed by atoms with E-state index in [1.807, 2.05) is 19.1 Å². The summed E-state index contributed by atoms with van der Waals surface area (Å²) in [5.41, 5.74) is 5.26. The van der Waals surface area contributed by atoms with Crippen molar-refractivity contribution in [2.75, 3.05) is 25.0 Å². The molecule has 142 valence electrons. The average Bonchev–Trinajstić information content (AvgIpc) is 3.22. The fraction of sp³-hybridized carbons (Fsp3) is 0.368. The molecule has 8 heteroatoms. The fourth-order valence-corrected chi connectivity index (χ4v) is 3.68. The molecule has 4 rings (SSSR count). The Kier molecular flexibility index (Phi) is 4.45. The van der Waals surface area contributed by atoms with E-state index in [0.29, 0.717) is 11.5 Å². The van der Waals surface area contributed by atoms with E-state index < -0.39 is 5.66 Å². The van der Waals surface area contributed by atoms with Gasteiger partial charge in [-0.1, -0.05) is 12.1 Å². The predicted molar refractivity (Wildman–Crippen MR) is 103 cm³/mol. The number of nitrogens with zero attached hydrogens (tertiary/aromatic N) is 2. The van der Waals surface area contributed by atoms with Crippen molar-refractivity contribution in [3.05, 3.63) is 48.4 Å². The molecule has 2 fully saturated rings. The molecular formula is C19H23FN6O. The number of urea groups is 1. The summed E-state index contributed by atoms with van der Waals surface area (Å²) in [7, 11) is 0. The van der Waals surface area contributed by atoms with Gasteiger partial charge in [0.05, 0.1) is 5.69 Å².